The van der Waals surface area contributed by atoms with Gasteiger partial charge in [0.05, 0.1) is 5.56 Å². The molecule has 5 nitrogen and oxygen atoms in total. The van der Waals surface area contributed by atoms with E-state index in [9.17, 15) is 9.59 Å². The van der Waals surface area contributed by atoms with Crippen molar-refractivity contribution in [2.45, 2.75) is 19.3 Å². The van der Waals surface area contributed by atoms with Gasteiger partial charge in [-0.2, -0.15) is 0 Å². The zero-order valence-corrected chi connectivity index (χ0v) is 12.3. The van der Waals surface area contributed by atoms with Gasteiger partial charge in [0.1, 0.15) is 0 Å². The van der Waals surface area contributed by atoms with Crippen LogP contribution in [0.4, 0.5) is 0 Å². The molecule has 0 aliphatic rings. The van der Waals surface area contributed by atoms with Gasteiger partial charge in [-0.3, -0.25) is 20.4 Å². The topological polar surface area (TPSA) is 67.4 Å². The summed E-state index contributed by atoms with van der Waals surface area (Å²) in [5.74, 6) is -0.561. The molecular formula is C13H17BrN2O3. The maximum Gasteiger partial charge on any atom is 0.270 e. The number of nitrogens with one attached hydrogen (secondary N) is 2. The molecule has 0 aliphatic carbocycles. The summed E-state index contributed by atoms with van der Waals surface area (Å²) in [6, 6.07) is 7.01. The van der Waals surface area contributed by atoms with Crippen LogP contribution in [-0.4, -0.2) is 25.5 Å². The predicted molar refractivity (Wildman–Crippen MR) is 75.5 cm³/mol. The molecule has 0 saturated carbocycles. The number of benzene rings is 1. The maximum atomic E-state index is 11.8. The van der Waals surface area contributed by atoms with Gasteiger partial charge in [0, 0.05) is 24.6 Å². The number of halogens is 1. The van der Waals surface area contributed by atoms with Crippen molar-refractivity contribution in [2.75, 3.05) is 13.7 Å². The lowest BCUT2D eigenvalue weighted by Gasteiger charge is -2.08. The van der Waals surface area contributed by atoms with E-state index in [1.165, 1.54) is 0 Å². The smallest absolute Gasteiger partial charge is 0.270 e. The Labute approximate surface area is 120 Å². The fraction of sp³-hybridized carbons (Fsp3) is 0.385. The molecule has 1 aromatic carbocycles. The quantitative estimate of drug-likeness (QED) is 0.620. The largest absolute Gasteiger partial charge is 0.385 e. The molecule has 2 N–H and O–H groups in total. The molecule has 0 unspecified atom stereocenters. The van der Waals surface area contributed by atoms with Gasteiger partial charge in [-0.25, -0.2) is 0 Å². The van der Waals surface area contributed by atoms with Crippen LogP contribution in [0.5, 0.6) is 0 Å². The van der Waals surface area contributed by atoms with Gasteiger partial charge in [-0.1, -0.05) is 12.1 Å². The number of methoxy groups -OCH3 is 1. The van der Waals surface area contributed by atoms with E-state index < -0.39 is 0 Å². The number of carbonyl (C=O) groups is 2. The van der Waals surface area contributed by atoms with Crippen molar-refractivity contribution in [3.8, 4) is 0 Å². The molecule has 1 rings (SSSR count). The first kappa shape index (κ1) is 15.7. The first-order valence-electron chi connectivity index (χ1n) is 5.98. The second-order valence-electron chi connectivity index (χ2n) is 3.93. The lowest BCUT2D eigenvalue weighted by Crippen LogP contribution is -2.41. The minimum atomic E-state index is -0.349. The van der Waals surface area contributed by atoms with Crippen molar-refractivity contribution in [2.24, 2.45) is 0 Å². The lowest BCUT2D eigenvalue weighted by atomic mass is 10.2. The summed E-state index contributed by atoms with van der Waals surface area (Å²) in [6.45, 7) is 0.636. The molecule has 0 radical (unpaired) electrons. The number of rotatable bonds is 6. The van der Waals surface area contributed by atoms with Crippen molar-refractivity contribution in [3.05, 3.63) is 34.3 Å². The molecule has 1 aromatic rings. The van der Waals surface area contributed by atoms with Crippen molar-refractivity contribution in [1.82, 2.24) is 10.9 Å². The van der Waals surface area contributed by atoms with Crippen molar-refractivity contribution >= 4 is 27.7 Å². The molecule has 0 atom stereocenters. The van der Waals surface area contributed by atoms with E-state index in [4.69, 9.17) is 4.74 Å². The maximum absolute atomic E-state index is 11.8. The van der Waals surface area contributed by atoms with Crippen molar-refractivity contribution < 1.29 is 14.3 Å². The van der Waals surface area contributed by atoms with Crippen LogP contribution in [0, 0.1) is 0 Å². The van der Waals surface area contributed by atoms with E-state index in [0.717, 1.165) is 12.8 Å². The van der Waals surface area contributed by atoms with Crippen LogP contribution >= 0.6 is 15.9 Å². The number of amides is 2. The van der Waals surface area contributed by atoms with Crippen LogP contribution in [0.1, 0.15) is 29.6 Å². The Morgan fingerprint density at radius 2 is 1.95 bits per heavy atom. The Kier molecular flexibility index (Phi) is 7.14. The van der Waals surface area contributed by atoms with Gasteiger partial charge in [0.2, 0.25) is 5.91 Å². The third-order valence-electron chi connectivity index (χ3n) is 2.44. The van der Waals surface area contributed by atoms with Crippen LogP contribution in [0.25, 0.3) is 0 Å². The first-order valence-corrected chi connectivity index (χ1v) is 6.77. The molecule has 2 amide bonds. The van der Waals surface area contributed by atoms with Gasteiger partial charge < -0.3 is 4.74 Å². The minimum Gasteiger partial charge on any atom is -0.385 e. The summed E-state index contributed by atoms with van der Waals surface area (Å²) >= 11 is 3.28. The van der Waals surface area contributed by atoms with Crippen molar-refractivity contribution in [3.63, 3.8) is 0 Å². The second kappa shape index (κ2) is 8.66. The zero-order valence-electron chi connectivity index (χ0n) is 10.7. The number of hydrogen-bond donors (Lipinski definition) is 2. The summed E-state index contributed by atoms with van der Waals surface area (Å²) in [7, 11) is 1.62. The van der Waals surface area contributed by atoms with E-state index in [-0.39, 0.29) is 11.8 Å². The van der Waals surface area contributed by atoms with E-state index in [0.29, 0.717) is 23.1 Å². The average molecular weight is 329 g/mol. The summed E-state index contributed by atoms with van der Waals surface area (Å²) < 4.78 is 5.57. The van der Waals surface area contributed by atoms with Gasteiger partial charge in [-0.15, -0.1) is 0 Å². The SMILES string of the molecule is COCCCCC(=O)NNC(=O)c1ccccc1Br. The Bertz CT molecular complexity index is 438. The van der Waals surface area contributed by atoms with Crippen LogP contribution in [0.2, 0.25) is 0 Å². The number of carbonyl (C=O) groups excluding carboxylic acids is 2. The standard InChI is InChI=1S/C13H17BrN2O3/c1-19-9-5-4-8-12(17)15-16-13(18)10-6-2-3-7-11(10)14/h2-3,6-7H,4-5,8-9H2,1H3,(H,15,17)(H,16,18). The van der Waals surface area contributed by atoms with Crippen LogP contribution in [0.15, 0.2) is 28.7 Å². The van der Waals surface area contributed by atoms with Gasteiger partial charge in [-0.05, 0) is 40.9 Å². The Morgan fingerprint density at radius 1 is 1.21 bits per heavy atom. The normalized spacial score (nSPS) is 10.0. The molecule has 0 aromatic heterocycles. The Morgan fingerprint density at radius 3 is 2.63 bits per heavy atom. The number of hydrogen-bond acceptors (Lipinski definition) is 3. The third kappa shape index (κ3) is 5.85. The average Bonchev–Trinajstić information content (AvgIpc) is 2.41. The Hall–Kier alpha value is -1.40. The van der Waals surface area contributed by atoms with Crippen LogP contribution in [-0.2, 0) is 9.53 Å². The van der Waals surface area contributed by atoms with E-state index in [2.05, 4.69) is 26.8 Å². The lowest BCUT2D eigenvalue weighted by molar-refractivity contribution is -0.122. The summed E-state index contributed by atoms with van der Waals surface area (Å²) in [5, 5.41) is 0. The van der Waals surface area contributed by atoms with E-state index in [1.54, 1.807) is 25.3 Å². The highest BCUT2D eigenvalue weighted by molar-refractivity contribution is 9.10. The number of unbranched alkanes of at least 4 members (excludes halogenated alkanes) is 1. The molecule has 0 fully saturated rings. The van der Waals surface area contributed by atoms with E-state index in [1.807, 2.05) is 6.07 Å². The number of hydrazine groups is 1. The molecule has 0 spiro atoms. The van der Waals surface area contributed by atoms with Gasteiger partial charge in [0.15, 0.2) is 0 Å². The van der Waals surface area contributed by atoms with Crippen LogP contribution in [0.3, 0.4) is 0 Å². The van der Waals surface area contributed by atoms with Gasteiger partial charge in [0.25, 0.3) is 5.91 Å². The fourth-order valence-electron chi connectivity index (χ4n) is 1.43. The molecule has 0 heterocycles. The molecule has 104 valence electrons. The molecule has 6 heteroatoms. The highest BCUT2D eigenvalue weighted by Crippen LogP contribution is 2.15. The van der Waals surface area contributed by atoms with Gasteiger partial charge >= 0.3 is 0 Å². The Balaban J connectivity index is 2.30. The van der Waals surface area contributed by atoms with Crippen LogP contribution < -0.4 is 10.9 Å². The second-order valence-corrected chi connectivity index (χ2v) is 4.79. The monoisotopic (exact) mass is 328 g/mol. The molecule has 0 aliphatic heterocycles. The van der Waals surface area contributed by atoms with Crippen molar-refractivity contribution in [1.29, 1.82) is 0 Å². The summed E-state index contributed by atoms with van der Waals surface area (Å²) in [4.78, 5) is 23.2. The zero-order chi connectivity index (χ0) is 14.1. The highest BCUT2D eigenvalue weighted by Gasteiger charge is 2.09. The summed E-state index contributed by atoms with van der Waals surface area (Å²) in [5.41, 5.74) is 5.24. The fourth-order valence-corrected chi connectivity index (χ4v) is 1.90. The predicted octanol–water partition coefficient (Wildman–Crippen LogP) is 2.03. The molecule has 19 heavy (non-hydrogen) atoms. The summed E-state index contributed by atoms with van der Waals surface area (Å²) in [6.07, 6.45) is 1.91. The third-order valence-corrected chi connectivity index (χ3v) is 3.13. The first-order chi connectivity index (χ1) is 9.15. The number of ether oxygens (including phenoxy) is 1. The molecule has 0 saturated heterocycles. The molecule has 0 bridgehead atoms. The minimum absolute atomic E-state index is 0.212. The van der Waals surface area contributed by atoms with E-state index >= 15 is 0 Å². The molecular weight excluding hydrogens is 312 g/mol. The highest BCUT2D eigenvalue weighted by atomic mass is 79.9.